The molecule has 112 valence electrons. The molecular formula is C18H21F2N. The summed E-state index contributed by atoms with van der Waals surface area (Å²) in [6, 6.07) is 9.67. The first-order valence-corrected chi connectivity index (χ1v) is 7.18. The highest BCUT2D eigenvalue weighted by atomic mass is 19.1. The topological polar surface area (TPSA) is 26.0 Å². The monoisotopic (exact) mass is 289 g/mol. The maximum atomic E-state index is 13.9. The van der Waals surface area contributed by atoms with Gasteiger partial charge in [-0.3, -0.25) is 0 Å². The molecule has 0 saturated heterocycles. The zero-order chi connectivity index (χ0) is 15.6. The fourth-order valence-corrected chi connectivity index (χ4v) is 2.43. The summed E-state index contributed by atoms with van der Waals surface area (Å²) in [6.07, 6.45) is 1.000. The van der Waals surface area contributed by atoms with Gasteiger partial charge < -0.3 is 5.73 Å². The van der Waals surface area contributed by atoms with E-state index < -0.39 is 17.7 Å². The SMILES string of the molecule is Cc1cc(C(N)c2ccc(CC(C)C)cc2)c(F)cc1F. The summed E-state index contributed by atoms with van der Waals surface area (Å²) in [5, 5.41) is 0. The second kappa shape index (κ2) is 6.35. The van der Waals surface area contributed by atoms with Crippen molar-refractivity contribution in [3.63, 3.8) is 0 Å². The van der Waals surface area contributed by atoms with Crippen molar-refractivity contribution >= 4 is 0 Å². The molecule has 0 aromatic heterocycles. The molecule has 0 radical (unpaired) electrons. The molecule has 0 heterocycles. The lowest BCUT2D eigenvalue weighted by Crippen LogP contribution is -2.14. The van der Waals surface area contributed by atoms with E-state index in [-0.39, 0.29) is 0 Å². The molecular weight excluding hydrogens is 268 g/mol. The fourth-order valence-electron chi connectivity index (χ4n) is 2.43. The van der Waals surface area contributed by atoms with Crippen molar-refractivity contribution in [2.24, 2.45) is 11.7 Å². The quantitative estimate of drug-likeness (QED) is 0.880. The number of hydrogen-bond acceptors (Lipinski definition) is 1. The Kier molecular flexibility index (Phi) is 4.73. The van der Waals surface area contributed by atoms with E-state index in [4.69, 9.17) is 5.73 Å². The summed E-state index contributed by atoms with van der Waals surface area (Å²) in [7, 11) is 0. The van der Waals surface area contributed by atoms with E-state index in [9.17, 15) is 8.78 Å². The summed E-state index contributed by atoms with van der Waals surface area (Å²) in [4.78, 5) is 0. The van der Waals surface area contributed by atoms with Crippen LogP contribution >= 0.6 is 0 Å². The fraction of sp³-hybridized carbons (Fsp3) is 0.333. The van der Waals surface area contributed by atoms with Gasteiger partial charge in [0.1, 0.15) is 11.6 Å². The average molecular weight is 289 g/mol. The van der Waals surface area contributed by atoms with E-state index in [1.165, 1.54) is 11.6 Å². The molecule has 0 amide bonds. The van der Waals surface area contributed by atoms with E-state index in [2.05, 4.69) is 13.8 Å². The van der Waals surface area contributed by atoms with Crippen molar-refractivity contribution < 1.29 is 8.78 Å². The molecule has 3 heteroatoms. The number of nitrogens with two attached hydrogens (primary N) is 1. The predicted octanol–water partition coefficient (Wildman–Crippen LogP) is 4.52. The number of halogens is 2. The molecule has 0 saturated carbocycles. The molecule has 21 heavy (non-hydrogen) atoms. The summed E-state index contributed by atoms with van der Waals surface area (Å²) in [6.45, 7) is 5.93. The van der Waals surface area contributed by atoms with Crippen LogP contribution in [0.5, 0.6) is 0 Å². The molecule has 1 nitrogen and oxygen atoms in total. The van der Waals surface area contributed by atoms with Gasteiger partial charge in [-0.2, -0.15) is 0 Å². The Labute approximate surface area is 124 Å². The minimum atomic E-state index is -0.600. The zero-order valence-corrected chi connectivity index (χ0v) is 12.7. The minimum absolute atomic E-state index is 0.325. The number of benzene rings is 2. The van der Waals surface area contributed by atoms with Crippen molar-refractivity contribution in [2.45, 2.75) is 33.2 Å². The van der Waals surface area contributed by atoms with Crippen LogP contribution in [-0.4, -0.2) is 0 Å². The van der Waals surface area contributed by atoms with Crippen LogP contribution in [0.25, 0.3) is 0 Å². The van der Waals surface area contributed by atoms with Crippen molar-refractivity contribution in [3.05, 3.63) is 70.3 Å². The number of aryl methyl sites for hydroxylation is 1. The molecule has 2 aromatic rings. The smallest absolute Gasteiger partial charge is 0.131 e. The lowest BCUT2D eigenvalue weighted by molar-refractivity contribution is 0.561. The lowest BCUT2D eigenvalue weighted by atomic mass is 9.95. The highest BCUT2D eigenvalue weighted by Gasteiger charge is 2.16. The highest BCUT2D eigenvalue weighted by molar-refractivity contribution is 5.36. The second-order valence-electron chi connectivity index (χ2n) is 5.94. The highest BCUT2D eigenvalue weighted by Crippen LogP contribution is 2.25. The molecule has 0 aliphatic rings. The standard InChI is InChI=1S/C18H21F2N/c1-11(2)8-13-4-6-14(7-5-13)18(21)15-9-12(3)16(19)10-17(15)20/h4-7,9-11,18H,8,21H2,1-3H3. The lowest BCUT2D eigenvalue weighted by Gasteiger charge is -2.15. The van der Waals surface area contributed by atoms with Gasteiger partial charge in [-0.05, 0) is 42.0 Å². The van der Waals surface area contributed by atoms with Crippen molar-refractivity contribution in [2.75, 3.05) is 0 Å². The van der Waals surface area contributed by atoms with Gasteiger partial charge >= 0.3 is 0 Å². The zero-order valence-electron chi connectivity index (χ0n) is 12.7. The predicted molar refractivity (Wildman–Crippen MR) is 82.1 cm³/mol. The molecule has 1 unspecified atom stereocenters. The summed E-state index contributed by atoms with van der Waals surface area (Å²) in [5.41, 5.74) is 8.91. The third kappa shape index (κ3) is 3.67. The van der Waals surface area contributed by atoms with Gasteiger partial charge in [-0.15, -0.1) is 0 Å². The Morgan fingerprint density at radius 1 is 1.00 bits per heavy atom. The molecule has 0 aliphatic carbocycles. The first-order valence-electron chi connectivity index (χ1n) is 7.18. The van der Waals surface area contributed by atoms with Gasteiger partial charge in [0, 0.05) is 11.6 Å². The second-order valence-corrected chi connectivity index (χ2v) is 5.94. The molecule has 0 spiro atoms. The van der Waals surface area contributed by atoms with Crippen LogP contribution in [0.2, 0.25) is 0 Å². The Balaban J connectivity index is 2.27. The van der Waals surface area contributed by atoms with Gasteiger partial charge in [0.05, 0.1) is 6.04 Å². The Bertz CT molecular complexity index is 618. The van der Waals surface area contributed by atoms with Crippen LogP contribution in [0.1, 0.15) is 42.1 Å². The summed E-state index contributed by atoms with van der Waals surface area (Å²) >= 11 is 0. The molecule has 0 aliphatic heterocycles. The van der Waals surface area contributed by atoms with Crippen LogP contribution in [0.3, 0.4) is 0 Å². The molecule has 2 N–H and O–H groups in total. The molecule has 2 rings (SSSR count). The first-order chi connectivity index (χ1) is 9.88. The van der Waals surface area contributed by atoms with E-state index in [1.807, 2.05) is 24.3 Å². The minimum Gasteiger partial charge on any atom is -0.320 e. The molecule has 1 atom stereocenters. The van der Waals surface area contributed by atoms with Gasteiger partial charge in [-0.25, -0.2) is 8.78 Å². The maximum Gasteiger partial charge on any atom is 0.131 e. The van der Waals surface area contributed by atoms with Crippen LogP contribution < -0.4 is 5.73 Å². The van der Waals surface area contributed by atoms with E-state index in [0.717, 1.165) is 18.1 Å². The van der Waals surface area contributed by atoms with Gasteiger partial charge in [0.15, 0.2) is 0 Å². The Hall–Kier alpha value is -1.74. The Morgan fingerprint density at radius 3 is 2.19 bits per heavy atom. The third-order valence-corrected chi connectivity index (χ3v) is 3.60. The summed E-state index contributed by atoms with van der Waals surface area (Å²) < 4.78 is 27.2. The summed E-state index contributed by atoms with van der Waals surface area (Å²) in [5.74, 6) is -0.561. The normalized spacial score (nSPS) is 12.7. The van der Waals surface area contributed by atoms with E-state index >= 15 is 0 Å². The third-order valence-electron chi connectivity index (χ3n) is 3.60. The van der Waals surface area contributed by atoms with E-state index in [1.54, 1.807) is 6.92 Å². The first kappa shape index (κ1) is 15.6. The largest absolute Gasteiger partial charge is 0.320 e. The maximum absolute atomic E-state index is 13.9. The molecule has 2 aromatic carbocycles. The van der Waals surface area contributed by atoms with Crippen molar-refractivity contribution in [3.8, 4) is 0 Å². The molecule has 0 bridgehead atoms. The average Bonchev–Trinajstić information content (AvgIpc) is 2.42. The van der Waals surface area contributed by atoms with Gasteiger partial charge in [0.25, 0.3) is 0 Å². The molecule has 0 fully saturated rings. The van der Waals surface area contributed by atoms with Crippen molar-refractivity contribution in [1.82, 2.24) is 0 Å². The van der Waals surface area contributed by atoms with Gasteiger partial charge in [-0.1, -0.05) is 38.1 Å². The van der Waals surface area contributed by atoms with E-state index in [0.29, 0.717) is 17.0 Å². The van der Waals surface area contributed by atoms with Crippen LogP contribution in [0, 0.1) is 24.5 Å². The number of rotatable bonds is 4. The van der Waals surface area contributed by atoms with Crippen LogP contribution in [0.15, 0.2) is 36.4 Å². The van der Waals surface area contributed by atoms with Crippen LogP contribution in [-0.2, 0) is 6.42 Å². The Morgan fingerprint density at radius 2 is 1.62 bits per heavy atom. The van der Waals surface area contributed by atoms with Gasteiger partial charge in [0.2, 0.25) is 0 Å². The van der Waals surface area contributed by atoms with Crippen molar-refractivity contribution in [1.29, 1.82) is 0 Å². The number of hydrogen-bond donors (Lipinski definition) is 1. The van der Waals surface area contributed by atoms with Crippen LogP contribution in [0.4, 0.5) is 8.78 Å².